The van der Waals surface area contributed by atoms with Crippen LogP contribution >= 0.6 is 11.3 Å². The summed E-state index contributed by atoms with van der Waals surface area (Å²) in [5.41, 5.74) is 3.40. The highest BCUT2D eigenvalue weighted by Gasteiger charge is 2.40. The van der Waals surface area contributed by atoms with Gasteiger partial charge >= 0.3 is 6.61 Å². The molecular weight excluding hydrogens is 528 g/mol. The predicted octanol–water partition coefficient (Wildman–Crippen LogP) is 4.55. The number of fused-ring (bicyclic) bond motifs is 1. The summed E-state index contributed by atoms with van der Waals surface area (Å²) < 4.78 is 34.7. The maximum Gasteiger partial charge on any atom is 0.345 e. The number of ether oxygens (including phenoxy) is 2. The lowest BCUT2D eigenvalue weighted by atomic mass is 9.81. The minimum Gasteiger partial charge on any atom is -0.496 e. The van der Waals surface area contributed by atoms with Gasteiger partial charge in [0.05, 0.1) is 42.6 Å². The lowest BCUT2D eigenvalue weighted by molar-refractivity contribution is -0.195. The molecule has 1 fully saturated rings. The van der Waals surface area contributed by atoms with Gasteiger partial charge in [-0.05, 0) is 44.0 Å². The van der Waals surface area contributed by atoms with Gasteiger partial charge in [0, 0.05) is 46.8 Å². The van der Waals surface area contributed by atoms with Crippen molar-refractivity contribution in [1.29, 1.82) is 5.26 Å². The van der Waals surface area contributed by atoms with E-state index in [1.807, 2.05) is 6.92 Å². The maximum atomic E-state index is 13.4. The first-order chi connectivity index (χ1) is 18.7. The Bertz CT molecular complexity index is 1460. The summed E-state index contributed by atoms with van der Waals surface area (Å²) in [7, 11) is 1.52. The number of methoxy groups -OCH3 is 1. The molecule has 1 aromatic carbocycles. The molecule has 0 spiro atoms. The van der Waals surface area contributed by atoms with Crippen molar-refractivity contribution < 1.29 is 27.8 Å². The second kappa shape index (κ2) is 11.0. The normalized spacial score (nSPS) is 18.2. The molecule has 0 unspecified atom stereocenters. The molecule has 2 aliphatic rings. The van der Waals surface area contributed by atoms with Crippen LogP contribution in [0.1, 0.15) is 45.0 Å². The average Bonchev–Trinajstić information content (AvgIpc) is 3.30. The SMILES string of the molecule is COc1ccc(C#N)cc1-c1cc(C)ncc1C(=O)Nc1nc2c(s1)CN(C(=O)C1CC(OC(F)F)C1)CC2. The average molecular weight is 554 g/mol. The number of hydrogen-bond donors (Lipinski definition) is 1. The zero-order valence-electron chi connectivity index (χ0n) is 21.2. The standard InChI is InChI=1S/C27H25F2N5O4S/c1-14-7-18(19-8-15(11-30)3-4-22(19)37-2)20(12-31-14)24(35)33-27-32-21-5-6-34(13-23(21)39-27)25(36)16-9-17(10-16)38-26(28)29/h3-4,7-8,12,16-17,26H,5-6,9-10,13H2,1-2H3,(H,32,33,35). The van der Waals surface area contributed by atoms with Crippen LogP contribution in [0.15, 0.2) is 30.5 Å². The highest BCUT2D eigenvalue weighted by Crippen LogP contribution is 2.37. The Morgan fingerprint density at radius 1 is 1.26 bits per heavy atom. The molecule has 1 saturated carbocycles. The molecule has 1 N–H and O–H groups in total. The van der Waals surface area contributed by atoms with Crippen LogP contribution in [-0.2, 0) is 22.5 Å². The van der Waals surface area contributed by atoms with Gasteiger partial charge in [0.1, 0.15) is 5.75 Å². The first-order valence-corrected chi connectivity index (χ1v) is 13.1. The van der Waals surface area contributed by atoms with Crippen LogP contribution in [0.25, 0.3) is 11.1 Å². The van der Waals surface area contributed by atoms with Crippen LogP contribution in [-0.4, -0.2) is 53.1 Å². The number of benzene rings is 1. The minimum absolute atomic E-state index is 0.0716. The van der Waals surface area contributed by atoms with Gasteiger partial charge in [0.2, 0.25) is 5.91 Å². The Hall–Kier alpha value is -3.95. The van der Waals surface area contributed by atoms with Crippen molar-refractivity contribution >= 4 is 28.3 Å². The molecule has 2 aromatic heterocycles. The minimum atomic E-state index is -2.83. The number of hydrogen-bond acceptors (Lipinski definition) is 8. The molecule has 0 radical (unpaired) electrons. The van der Waals surface area contributed by atoms with E-state index in [2.05, 4.69) is 26.1 Å². The summed E-state index contributed by atoms with van der Waals surface area (Å²) in [6, 6.07) is 8.87. The van der Waals surface area contributed by atoms with E-state index in [0.29, 0.717) is 71.2 Å². The number of carbonyl (C=O) groups excluding carboxylic acids is 2. The van der Waals surface area contributed by atoms with E-state index in [9.17, 15) is 23.6 Å². The zero-order chi connectivity index (χ0) is 27.7. The molecule has 1 aliphatic heterocycles. The van der Waals surface area contributed by atoms with Crippen LogP contribution in [0.3, 0.4) is 0 Å². The van der Waals surface area contributed by atoms with Crippen LogP contribution in [0.2, 0.25) is 0 Å². The molecule has 2 amide bonds. The summed E-state index contributed by atoms with van der Waals surface area (Å²) in [4.78, 5) is 37.7. The Morgan fingerprint density at radius 3 is 2.77 bits per heavy atom. The van der Waals surface area contributed by atoms with Crippen molar-refractivity contribution in [2.45, 2.75) is 45.4 Å². The fourth-order valence-electron chi connectivity index (χ4n) is 4.84. The Morgan fingerprint density at radius 2 is 2.05 bits per heavy atom. The Balaban J connectivity index is 1.31. The van der Waals surface area contributed by atoms with E-state index in [1.54, 1.807) is 29.2 Å². The summed E-state index contributed by atoms with van der Waals surface area (Å²) in [6.45, 7) is -0.191. The molecular formula is C27H25F2N5O4S. The van der Waals surface area contributed by atoms with Crippen molar-refractivity contribution in [1.82, 2.24) is 14.9 Å². The molecule has 0 atom stereocenters. The van der Waals surface area contributed by atoms with Gasteiger partial charge in [0.15, 0.2) is 5.13 Å². The number of anilines is 1. The smallest absolute Gasteiger partial charge is 0.345 e. The van der Waals surface area contributed by atoms with Crippen molar-refractivity contribution in [3.05, 3.63) is 57.9 Å². The number of carbonyl (C=O) groups is 2. The van der Waals surface area contributed by atoms with Crippen LogP contribution in [0, 0.1) is 24.2 Å². The second-order valence-electron chi connectivity index (χ2n) is 9.44. The molecule has 0 bridgehead atoms. The molecule has 5 rings (SSSR count). The van der Waals surface area contributed by atoms with E-state index in [1.165, 1.54) is 24.6 Å². The summed E-state index contributed by atoms with van der Waals surface area (Å²) in [5, 5.41) is 12.6. The number of aromatic nitrogens is 2. The van der Waals surface area contributed by atoms with Crippen LogP contribution in [0.5, 0.6) is 5.75 Å². The molecule has 3 aromatic rings. The van der Waals surface area contributed by atoms with Gasteiger partial charge in [-0.25, -0.2) is 4.98 Å². The fraction of sp³-hybridized carbons (Fsp3) is 0.370. The maximum absolute atomic E-state index is 13.4. The summed E-state index contributed by atoms with van der Waals surface area (Å²) >= 11 is 1.30. The topological polar surface area (TPSA) is 117 Å². The van der Waals surface area contributed by atoms with Crippen molar-refractivity contribution in [2.24, 2.45) is 5.92 Å². The number of aryl methyl sites for hydroxylation is 1. The molecule has 12 heteroatoms. The number of alkyl halides is 2. The third kappa shape index (κ3) is 5.60. The lowest BCUT2D eigenvalue weighted by Gasteiger charge is -2.38. The predicted molar refractivity (Wildman–Crippen MR) is 138 cm³/mol. The number of pyridine rings is 1. The first-order valence-electron chi connectivity index (χ1n) is 12.3. The number of amides is 2. The first kappa shape index (κ1) is 26.6. The number of thiazole rings is 1. The van der Waals surface area contributed by atoms with E-state index in [-0.39, 0.29) is 11.8 Å². The van der Waals surface area contributed by atoms with Crippen LogP contribution < -0.4 is 10.1 Å². The largest absolute Gasteiger partial charge is 0.496 e. The van der Waals surface area contributed by atoms with Gasteiger partial charge in [0.25, 0.3) is 5.91 Å². The molecule has 202 valence electrons. The van der Waals surface area contributed by atoms with Gasteiger partial charge in [-0.3, -0.25) is 19.9 Å². The Kier molecular flexibility index (Phi) is 7.54. The molecule has 39 heavy (non-hydrogen) atoms. The van der Waals surface area contributed by atoms with E-state index >= 15 is 0 Å². The number of nitrogens with zero attached hydrogens (tertiary/aromatic N) is 4. The Labute approximate surface area is 227 Å². The van der Waals surface area contributed by atoms with Gasteiger partial charge in [-0.1, -0.05) is 11.3 Å². The monoisotopic (exact) mass is 553 g/mol. The van der Waals surface area contributed by atoms with E-state index in [0.717, 1.165) is 10.6 Å². The molecule has 1 aliphatic carbocycles. The van der Waals surface area contributed by atoms with Gasteiger partial charge < -0.3 is 14.4 Å². The third-order valence-electron chi connectivity index (χ3n) is 6.91. The van der Waals surface area contributed by atoms with Crippen molar-refractivity contribution in [3.8, 4) is 22.9 Å². The highest BCUT2D eigenvalue weighted by atomic mass is 32.1. The molecule has 9 nitrogen and oxygen atoms in total. The van der Waals surface area contributed by atoms with Gasteiger partial charge in [-0.15, -0.1) is 0 Å². The van der Waals surface area contributed by atoms with E-state index < -0.39 is 18.6 Å². The molecule has 3 heterocycles. The summed E-state index contributed by atoms with van der Waals surface area (Å²) in [5.74, 6) is -0.286. The number of nitrogens with one attached hydrogen (secondary N) is 1. The van der Waals surface area contributed by atoms with Gasteiger partial charge in [-0.2, -0.15) is 14.0 Å². The third-order valence-corrected chi connectivity index (χ3v) is 7.90. The number of halogens is 2. The highest BCUT2D eigenvalue weighted by molar-refractivity contribution is 7.15. The quantitative estimate of drug-likeness (QED) is 0.456. The number of nitriles is 1. The zero-order valence-corrected chi connectivity index (χ0v) is 22.1. The number of rotatable bonds is 7. The van der Waals surface area contributed by atoms with Crippen molar-refractivity contribution in [3.63, 3.8) is 0 Å². The van der Waals surface area contributed by atoms with Crippen molar-refractivity contribution in [2.75, 3.05) is 19.0 Å². The molecule has 0 saturated heterocycles. The lowest BCUT2D eigenvalue weighted by Crippen LogP contribution is -2.46. The summed E-state index contributed by atoms with van der Waals surface area (Å²) in [6.07, 6.45) is 2.03. The van der Waals surface area contributed by atoms with E-state index in [4.69, 9.17) is 4.74 Å². The fourth-order valence-corrected chi connectivity index (χ4v) is 5.85. The van der Waals surface area contributed by atoms with Crippen LogP contribution in [0.4, 0.5) is 13.9 Å². The second-order valence-corrected chi connectivity index (χ2v) is 10.5.